The smallest absolute Gasteiger partial charge is 0.127 e. The van der Waals surface area contributed by atoms with Crippen LogP contribution >= 0.6 is 11.6 Å². The van der Waals surface area contributed by atoms with Gasteiger partial charge >= 0.3 is 0 Å². The lowest BCUT2D eigenvalue weighted by Crippen LogP contribution is -2.01. The lowest BCUT2D eigenvalue weighted by atomic mass is 10.3. The van der Waals surface area contributed by atoms with Crippen molar-refractivity contribution in [2.75, 3.05) is 7.11 Å². The number of alkyl halides is 1. The first kappa shape index (κ1) is 10.9. The largest absolute Gasteiger partial charge is 0.497 e. The van der Waals surface area contributed by atoms with Crippen molar-refractivity contribution < 1.29 is 4.74 Å². The van der Waals surface area contributed by atoms with Gasteiger partial charge in [-0.1, -0.05) is 0 Å². The van der Waals surface area contributed by atoms with E-state index in [1.807, 2.05) is 25.1 Å². The lowest BCUT2D eigenvalue weighted by Gasteiger charge is -2.09. The average molecular weight is 251 g/mol. The van der Waals surface area contributed by atoms with Crippen LogP contribution in [-0.4, -0.2) is 16.7 Å². The van der Waals surface area contributed by atoms with Crippen LogP contribution in [0.2, 0.25) is 0 Å². The summed E-state index contributed by atoms with van der Waals surface area (Å²) in [6.07, 6.45) is 2.44. The molecule has 1 aliphatic rings. The molecule has 0 spiro atoms. The number of aromatic nitrogens is 2. The molecule has 3 rings (SSSR count). The van der Waals surface area contributed by atoms with Crippen molar-refractivity contribution in [2.24, 2.45) is 0 Å². The van der Waals surface area contributed by atoms with Gasteiger partial charge in [-0.05, 0) is 31.9 Å². The predicted octanol–water partition coefficient (Wildman–Crippen LogP) is 3.68. The van der Waals surface area contributed by atoms with E-state index in [4.69, 9.17) is 16.3 Å². The summed E-state index contributed by atoms with van der Waals surface area (Å²) >= 11 is 6.21. The van der Waals surface area contributed by atoms with Gasteiger partial charge in [0, 0.05) is 12.1 Å². The molecule has 0 amide bonds. The fourth-order valence-corrected chi connectivity index (χ4v) is 2.37. The number of benzene rings is 1. The molecule has 17 heavy (non-hydrogen) atoms. The maximum atomic E-state index is 6.21. The minimum atomic E-state index is -0.0611. The Hall–Kier alpha value is -1.22. The summed E-state index contributed by atoms with van der Waals surface area (Å²) in [6.45, 7) is 1.97. The molecule has 1 atom stereocenters. The summed E-state index contributed by atoms with van der Waals surface area (Å²) in [5.74, 6) is 1.84. The number of fused-ring (bicyclic) bond motifs is 1. The second-order valence-electron chi connectivity index (χ2n) is 4.54. The number of imidazole rings is 1. The van der Waals surface area contributed by atoms with Crippen LogP contribution in [0.5, 0.6) is 5.75 Å². The van der Waals surface area contributed by atoms with Crippen molar-refractivity contribution in [2.45, 2.75) is 31.2 Å². The van der Waals surface area contributed by atoms with Gasteiger partial charge in [-0.2, -0.15) is 0 Å². The minimum absolute atomic E-state index is 0.0611. The maximum Gasteiger partial charge on any atom is 0.127 e. The SMILES string of the molecule is COc1ccc2nc(C(C)Cl)n(C3CC3)c2c1. The number of nitrogens with zero attached hydrogens (tertiary/aromatic N) is 2. The third-order valence-corrected chi connectivity index (χ3v) is 3.39. The van der Waals surface area contributed by atoms with E-state index in [1.54, 1.807) is 7.11 Å². The Morgan fingerprint density at radius 3 is 2.82 bits per heavy atom. The number of hydrogen-bond donors (Lipinski definition) is 0. The van der Waals surface area contributed by atoms with Crippen LogP contribution in [0.15, 0.2) is 18.2 Å². The standard InChI is InChI=1S/C13H15ClN2O/c1-8(14)13-15-11-6-5-10(17-2)7-12(11)16(13)9-3-4-9/h5-9H,3-4H2,1-2H3. The summed E-state index contributed by atoms with van der Waals surface area (Å²) in [6, 6.07) is 6.55. The van der Waals surface area contributed by atoms with Crippen LogP contribution in [0, 0.1) is 0 Å². The zero-order valence-electron chi connectivity index (χ0n) is 9.98. The molecule has 1 aromatic carbocycles. The highest BCUT2D eigenvalue weighted by Crippen LogP contribution is 2.41. The Morgan fingerprint density at radius 1 is 1.47 bits per heavy atom. The maximum absolute atomic E-state index is 6.21. The zero-order chi connectivity index (χ0) is 12.0. The first-order valence-electron chi connectivity index (χ1n) is 5.90. The van der Waals surface area contributed by atoms with Crippen LogP contribution in [0.1, 0.15) is 37.0 Å². The second-order valence-corrected chi connectivity index (χ2v) is 5.20. The molecule has 1 aromatic heterocycles. The van der Waals surface area contributed by atoms with E-state index in [-0.39, 0.29) is 5.38 Å². The predicted molar refractivity (Wildman–Crippen MR) is 68.8 cm³/mol. The fourth-order valence-electron chi connectivity index (χ4n) is 2.22. The highest BCUT2D eigenvalue weighted by molar-refractivity contribution is 6.20. The molecule has 3 nitrogen and oxygen atoms in total. The summed E-state index contributed by atoms with van der Waals surface area (Å²) < 4.78 is 7.55. The monoisotopic (exact) mass is 250 g/mol. The van der Waals surface area contributed by atoms with Crippen molar-refractivity contribution in [3.63, 3.8) is 0 Å². The van der Waals surface area contributed by atoms with Gasteiger partial charge in [0.05, 0.1) is 23.5 Å². The molecule has 0 N–H and O–H groups in total. The molecule has 1 saturated carbocycles. The summed E-state index contributed by atoms with van der Waals surface area (Å²) in [7, 11) is 1.68. The van der Waals surface area contributed by atoms with Crippen molar-refractivity contribution in [1.82, 2.24) is 9.55 Å². The molecule has 0 aliphatic heterocycles. The van der Waals surface area contributed by atoms with E-state index in [0.29, 0.717) is 6.04 Å². The fraction of sp³-hybridized carbons (Fsp3) is 0.462. The molecule has 1 unspecified atom stereocenters. The normalized spacial score (nSPS) is 17.4. The number of methoxy groups -OCH3 is 1. The highest BCUT2D eigenvalue weighted by atomic mass is 35.5. The molecule has 0 bridgehead atoms. The molecule has 1 aliphatic carbocycles. The molecule has 4 heteroatoms. The number of ether oxygens (including phenoxy) is 1. The van der Waals surface area contributed by atoms with E-state index in [9.17, 15) is 0 Å². The van der Waals surface area contributed by atoms with Crippen LogP contribution < -0.4 is 4.74 Å². The Morgan fingerprint density at radius 2 is 2.24 bits per heavy atom. The highest BCUT2D eigenvalue weighted by Gasteiger charge is 2.29. The molecule has 2 aromatic rings. The van der Waals surface area contributed by atoms with Crippen LogP contribution in [0.25, 0.3) is 11.0 Å². The summed E-state index contributed by atoms with van der Waals surface area (Å²) in [4.78, 5) is 4.62. The van der Waals surface area contributed by atoms with E-state index in [2.05, 4.69) is 9.55 Å². The van der Waals surface area contributed by atoms with Crippen LogP contribution in [0.3, 0.4) is 0 Å². The Labute approximate surface area is 105 Å². The van der Waals surface area contributed by atoms with Gasteiger partial charge in [0.2, 0.25) is 0 Å². The zero-order valence-corrected chi connectivity index (χ0v) is 10.7. The molecule has 90 valence electrons. The first-order valence-corrected chi connectivity index (χ1v) is 6.34. The van der Waals surface area contributed by atoms with E-state index in [0.717, 1.165) is 22.6 Å². The van der Waals surface area contributed by atoms with Gasteiger partial charge in [0.25, 0.3) is 0 Å². The Balaban J connectivity index is 2.24. The third-order valence-electron chi connectivity index (χ3n) is 3.19. The minimum Gasteiger partial charge on any atom is -0.497 e. The van der Waals surface area contributed by atoms with E-state index >= 15 is 0 Å². The summed E-state index contributed by atoms with van der Waals surface area (Å²) in [5, 5.41) is -0.0611. The average Bonchev–Trinajstić information content (AvgIpc) is 3.08. The Kier molecular flexibility index (Phi) is 2.51. The van der Waals surface area contributed by atoms with Crippen molar-refractivity contribution in [1.29, 1.82) is 0 Å². The van der Waals surface area contributed by atoms with Gasteiger partial charge < -0.3 is 9.30 Å². The number of halogens is 1. The molecule has 0 radical (unpaired) electrons. The molecule has 0 saturated heterocycles. The molecule has 1 heterocycles. The van der Waals surface area contributed by atoms with Crippen molar-refractivity contribution in [3.8, 4) is 5.75 Å². The van der Waals surface area contributed by atoms with Crippen LogP contribution in [-0.2, 0) is 0 Å². The van der Waals surface area contributed by atoms with E-state index < -0.39 is 0 Å². The lowest BCUT2D eigenvalue weighted by molar-refractivity contribution is 0.415. The quantitative estimate of drug-likeness (QED) is 0.777. The summed E-state index contributed by atoms with van der Waals surface area (Å²) in [5.41, 5.74) is 2.13. The van der Waals surface area contributed by atoms with Gasteiger partial charge in [-0.25, -0.2) is 4.98 Å². The Bertz CT molecular complexity index is 558. The van der Waals surface area contributed by atoms with Gasteiger partial charge in [0.1, 0.15) is 11.6 Å². The van der Waals surface area contributed by atoms with Crippen LogP contribution in [0.4, 0.5) is 0 Å². The number of hydrogen-bond acceptors (Lipinski definition) is 2. The molecular weight excluding hydrogens is 236 g/mol. The van der Waals surface area contributed by atoms with Gasteiger partial charge in [-0.3, -0.25) is 0 Å². The third kappa shape index (κ3) is 1.78. The van der Waals surface area contributed by atoms with Gasteiger partial charge in [-0.15, -0.1) is 11.6 Å². The van der Waals surface area contributed by atoms with Crippen molar-refractivity contribution in [3.05, 3.63) is 24.0 Å². The number of rotatable bonds is 3. The van der Waals surface area contributed by atoms with Gasteiger partial charge in [0.15, 0.2) is 0 Å². The van der Waals surface area contributed by atoms with E-state index in [1.165, 1.54) is 12.8 Å². The molecular formula is C13H15ClN2O. The topological polar surface area (TPSA) is 27.1 Å². The second kappa shape index (κ2) is 3.91. The first-order chi connectivity index (χ1) is 8.20. The molecule has 1 fully saturated rings. The van der Waals surface area contributed by atoms with Crippen molar-refractivity contribution >= 4 is 22.6 Å².